The number of rotatable bonds is 0. The monoisotopic (exact) mass is 234 g/mol. The van der Waals surface area contributed by atoms with Crippen molar-refractivity contribution in [1.29, 1.82) is 0 Å². The molecule has 0 heterocycles. The summed E-state index contributed by atoms with van der Waals surface area (Å²) in [6.45, 7) is 0. The molecule has 0 atom stereocenters. The molecule has 4 N–H and O–H groups in total. The van der Waals surface area contributed by atoms with Crippen LogP contribution in [0, 0.1) is 57.1 Å². The number of nitrogens with zero attached hydrogens (tertiary/aromatic N) is 2. The summed E-state index contributed by atoms with van der Waals surface area (Å²) < 4.78 is 0. The second-order valence-corrected chi connectivity index (χ2v) is 0.224. The largest absolute Gasteiger partial charge is 0.369 e. The SMILES string of the molecule is O=[N+]([O-])[O-].[Ce].[NH4+].[N]. The van der Waals surface area contributed by atoms with E-state index in [0.717, 1.165) is 0 Å². The second kappa shape index (κ2) is 16.1. The fraction of sp³-hybridized carbons (Fsp3) is 0. The second-order valence-electron chi connectivity index (χ2n) is 0.224. The van der Waals surface area contributed by atoms with Gasteiger partial charge in [0.05, 0.1) is 5.09 Å². The minimum atomic E-state index is -1.75. The summed E-state index contributed by atoms with van der Waals surface area (Å²) in [5, 5.41) is 14.8. The summed E-state index contributed by atoms with van der Waals surface area (Å²) in [7, 11) is 0. The van der Waals surface area contributed by atoms with Crippen molar-refractivity contribution in [3.05, 3.63) is 15.3 Å². The van der Waals surface area contributed by atoms with Crippen molar-refractivity contribution in [2.24, 2.45) is 0 Å². The molecule has 0 aliphatic heterocycles. The van der Waals surface area contributed by atoms with E-state index in [4.69, 9.17) is 15.3 Å². The molecule has 0 amide bonds. The van der Waals surface area contributed by atoms with Crippen molar-refractivity contribution in [3.63, 3.8) is 0 Å². The van der Waals surface area contributed by atoms with Gasteiger partial charge >= 0.3 is 0 Å². The number of quaternary nitrogens is 1. The standard InChI is InChI=1S/Ce.NO3.H3N.N/c;2-1(3)4;;/h;;1H3;/q;-1;;/p+1. The Bertz CT molecular complexity index is 33.2. The maximum Gasteiger partial charge on any atom is 0.0689 e. The molecule has 41 valence electrons. The predicted octanol–water partition coefficient (Wildman–Crippen LogP) is -0.344. The van der Waals surface area contributed by atoms with Crippen LogP contribution < -0.4 is 12.3 Å². The van der Waals surface area contributed by atoms with Gasteiger partial charge in [0, 0.05) is 47.9 Å². The van der Waals surface area contributed by atoms with E-state index in [2.05, 4.69) is 0 Å². The van der Waals surface area contributed by atoms with Crippen LogP contribution in [0.1, 0.15) is 0 Å². The summed E-state index contributed by atoms with van der Waals surface area (Å²) in [6, 6.07) is 0. The van der Waals surface area contributed by atoms with Crippen LogP contribution in [0.25, 0.3) is 0 Å². The van der Waals surface area contributed by atoms with E-state index in [9.17, 15) is 0 Å². The molecular formula is H4CeN3O3. The first-order chi connectivity index (χ1) is 1.73. The normalized spacial score (nSPS) is 3.43. The third-order valence-electron chi connectivity index (χ3n) is 0. The third-order valence-corrected chi connectivity index (χ3v) is 0. The van der Waals surface area contributed by atoms with Gasteiger partial charge in [-0.25, -0.2) is 0 Å². The first-order valence-corrected chi connectivity index (χ1v) is 0.548. The van der Waals surface area contributed by atoms with Gasteiger partial charge in [0.15, 0.2) is 0 Å². The van der Waals surface area contributed by atoms with Gasteiger partial charge in [0.25, 0.3) is 0 Å². The Morgan fingerprint density at radius 1 is 1.29 bits per heavy atom. The van der Waals surface area contributed by atoms with Crippen LogP contribution >= 0.6 is 0 Å². The average Bonchev–Trinajstić information content (AvgIpc) is 0.811. The van der Waals surface area contributed by atoms with E-state index >= 15 is 0 Å². The molecule has 0 saturated carbocycles. The summed E-state index contributed by atoms with van der Waals surface area (Å²) in [6.07, 6.45) is 0. The Kier molecular flexibility index (Phi) is 59.4. The Morgan fingerprint density at radius 2 is 1.29 bits per heavy atom. The summed E-state index contributed by atoms with van der Waals surface area (Å²) in [5.41, 5.74) is 0. The zero-order valence-electron chi connectivity index (χ0n) is 3.62. The van der Waals surface area contributed by atoms with E-state index in [-0.39, 0.29) is 54.0 Å². The Balaban J connectivity index is -0.0000000150. The van der Waals surface area contributed by atoms with Gasteiger partial charge in [0.1, 0.15) is 0 Å². The van der Waals surface area contributed by atoms with E-state index in [1.807, 2.05) is 0 Å². The van der Waals surface area contributed by atoms with Gasteiger partial charge in [-0.1, -0.05) is 0 Å². The summed E-state index contributed by atoms with van der Waals surface area (Å²) >= 11 is 0. The van der Waals surface area contributed by atoms with Crippen molar-refractivity contribution in [2.75, 3.05) is 0 Å². The van der Waals surface area contributed by atoms with Crippen LogP contribution in [0.3, 0.4) is 0 Å². The third kappa shape index (κ3) is 533. The molecular weight excluding hydrogens is 230 g/mol. The van der Waals surface area contributed by atoms with Crippen molar-refractivity contribution in [1.82, 2.24) is 12.3 Å². The maximum absolute atomic E-state index is 8.25. The Hall–Kier alpha value is 0.497. The van der Waals surface area contributed by atoms with Gasteiger partial charge in [-0.2, -0.15) is 0 Å². The zero-order valence-corrected chi connectivity index (χ0v) is 6.76. The van der Waals surface area contributed by atoms with Gasteiger partial charge in [-0.15, -0.1) is 0 Å². The molecule has 0 spiro atoms. The first-order valence-electron chi connectivity index (χ1n) is 0.548. The van der Waals surface area contributed by atoms with E-state index in [1.165, 1.54) is 0 Å². The molecule has 0 aromatic carbocycles. The molecule has 0 bridgehead atoms. The molecule has 0 aromatic rings. The van der Waals surface area contributed by atoms with Crippen molar-refractivity contribution in [2.45, 2.75) is 0 Å². The van der Waals surface area contributed by atoms with Crippen LogP contribution in [0.4, 0.5) is 0 Å². The summed E-state index contributed by atoms with van der Waals surface area (Å²) in [4.78, 5) is 8.25. The number of hydrogen-bond donors (Lipinski definition) is 1. The van der Waals surface area contributed by atoms with Crippen molar-refractivity contribution < 1.29 is 46.8 Å². The van der Waals surface area contributed by atoms with Gasteiger partial charge in [-0.05, 0) is 0 Å². The molecule has 3 radical (unpaired) electrons. The molecule has 0 saturated heterocycles. The van der Waals surface area contributed by atoms with Gasteiger partial charge in [-0.3, -0.25) is 0 Å². The molecule has 0 fully saturated rings. The fourth-order valence-electron chi connectivity index (χ4n) is 0. The van der Waals surface area contributed by atoms with Gasteiger partial charge < -0.3 is 21.5 Å². The minimum Gasteiger partial charge on any atom is -0.369 e. The summed E-state index contributed by atoms with van der Waals surface area (Å²) in [5.74, 6) is 0. The molecule has 7 heavy (non-hydrogen) atoms. The van der Waals surface area contributed by atoms with Crippen LogP contribution in [-0.4, -0.2) is 5.09 Å². The Labute approximate surface area is 73.9 Å². The van der Waals surface area contributed by atoms with Crippen LogP contribution in [0.5, 0.6) is 0 Å². The number of hydrogen-bond acceptors (Lipinski definition) is 3. The molecule has 7 heteroatoms. The molecule has 0 unspecified atom stereocenters. The molecule has 6 nitrogen and oxygen atoms in total. The quantitative estimate of drug-likeness (QED) is 0.453. The molecule has 0 rings (SSSR count). The smallest absolute Gasteiger partial charge is 0.0689 e. The van der Waals surface area contributed by atoms with Gasteiger partial charge in [0.2, 0.25) is 0 Å². The molecule has 0 aliphatic rings. The average molecular weight is 234 g/mol. The molecule has 0 aromatic heterocycles. The fourth-order valence-corrected chi connectivity index (χ4v) is 0. The van der Waals surface area contributed by atoms with E-state index in [1.54, 1.807) is 0 Å². The van der Waals surface area contributed by atoms with Crippen LogP contribution in [-0.2, 0) is 0 Å². The minimum absolute atomic E-state index is 0. The topological polar surface area (TPSA) is 133 Å². The van der Waals surface area contributed by atoms with Crippen molar-refractivity contribution in [3.8, 4) is 0 Å². The van der Waals surface area contributed by atoms with Crippen molar-refractivity contribution >= 4 is 0 Å². The van der Waals surface area contributed by atoms with Crippen LogP contribution in [0.2, 0.25) is 0 Å². The predicted molar refractivity (Wildman–Crippen MR) is 18.5 cm³/mol. The first kappa shape index (κ1) is 25.9. The Morgan fingerprint density at radius 3 is 1.29 bits per heavy atom. The van der Waals surface area contributed by atoms with E-state index in [0.29, 0.717) is 0 Å². The molecule has 0 aliphatic carbocycles. The zero-order chi connectivity index (χ0) is 3.58. The van der Waals surface area contributed by atoms with E-state index < -0.39 is 5.09 Å². The maximum atomic E-state index is 8.25. The van der Waals surface area contributed by atoms with Crippen LogP contribution in [0.15, 0.2) is 0 Å².